The monoisotopic (exact) mass is 225 g/mol. The summed E-state index contributed by atoms with van der Waals surface area (Å²) in [7, 11) is 0. The van der Waals surface area contributed by atoms with Gasteiger partial charge in [-0.3, -0.25) is 14.9 Å². The molecule has 0 aromatic rings. The Hall–Kier alpha value is -2.10. The molecule has 7 nitrogen and oxygen atoms in total. The van der Waals surface area contributed by atoms with E-state index in [-0.39, 0.29) is 6.61 Å². The number of hydrogen-bond donors (Lipinski definition) is 1. The van der Waals surface area contributed by atoms with E-state index in [4.69, 9.17) is 5.26 Å². The molecule has 1 fully saturated rings. The second kappa shape index (κ2) is 5.11. The van der Waals surface area contributed by atoms with Gasteiger partial charge in [0, 0.05) is 0 Å². The summed E-state index contributed by atoms with van der Waals surface area (Å²) < 4.78 is 4.54. The zero-order chi connectivity index (χ0) is 12.1. The summed E-state index contributed by atoms with van der Waals surface area (Å²) in [6.45, 7) is 2.12. The van der Waals surface area contributed by atoms with E-state index in [1.165, 1.54) is 4.90 Å². The van der Waals surface area contributed by atoms with Crippen LogP contribution in [0.25, 0.3) is 0 Å². The summed E-state index contributed by atoms with van der Waals surface area (Å²) in [5.41, 5.74) is 0. The van der Waals surface area contributed by atoms with Crippen molar-refractivity contribution in [1.29, 1.82) is 5.26 Å². The number of esters is 1. The summed E-state index contributed by atoms with van der Waals surface area (Å²) >= 11 is 0. The predicted octanol–water partition coefficient (Wildman–Crippen LogP) is -0.616. The van der Waals surface area contributed by atoms with Crippen LogP contribution in [0.3, 0.4) is 0 Å². The molecule has 0 spiro atoms. The van der Waals surface area contributed by atoms with Crippen molar-refractivity contribution in [2.24, 2.45) is 0 Å². The van der Waals surface area contributed by atoms with Crippen LogP contribution >= 0.6 is 0 Å². The van der Waals surface area contributed by atoms with Gasteiger partial charge in [-0.05, 0) is 6.92 Å². The molecular formula is C9H11N3O4. The number of nitriles is 1. The van der Waals surface area contributed by atoms with Gasteiger partial charge in [-0.15, -0.1) is 0 Å². The van der Waals surface area contributed by atoms with Crippen LogP contribution in [-0.4, -0.2) is 42.0 Å². The minimum absolute atomic E-state index is 0.183. The molecular weight excluding hydrogens is 214 g/mol. The van der Waals surface area contributed by atoms with Crippen LogP contribution < -0.4 is 5.32 Å². The van der Waals surface area contributed by atoms with Gasteiger partial charge in [0.1, 0.15) is 12.5 Å². The first-order chi connectivity index (χ1) is 7.58. The Morgan fingerprint density at radius 3 is 2.75 bits per heavy atom. The number of nitrogens with one attached hydrogen (secondary N) is 1. The first-order valence-corrected chi connectivity index (χ1v) is 4.74. The Balaban J connectivity index is 2.27. The van der Waals surface area contributed by atoms with Crippen LogP contribution in [0.5, 0.6) is 0 Å². The smallest absolute Gasteiger partial charge is 0.325 e. The van der Waals surface area contributed by atoms with E-state index in [0.717, 1.165) is 0 Å². The molecule has 1 aliphatic rings. The lowest BCUT2D eigenvalue weighted by molar-refractivity contribution is -0.145. The van der Waals surface area contributed by atoms with Crippen molar-refractivity contribution in [3.05, 3.63) is 0 Å². The van der Waals surface area contributed by atoms with Crippen molar-refractivity contribution >= 4 is 17.9 Å². The number of nitrogens with zero attached hydrogens (tertiary/aromatic N) is 2. The summed E-state index contributed by atoms with van der Waals surface area (Å²) in [6.07, 6.45) is -0.495. The van der Waals surface area contributed by atoms with E-state index in [1.807, 2.05) is 11.4 Å². The lowest BCUT2D eigenvalue weighted by Crippen LogP contribution is -2.36. The average Bonchev–Trinajstić information content (AvgIpc) is 2.96. The zero-order valence-corrected chi connectivity index (χ0v) is 8.73. The Kier molecular flexibility index (Phi) is 3.83. The molecule has 86 valence electrons. The standard InChI is InChI=1S/C9H11N3O4/c1-2-16-8(14)3-7(13)11-9(15)12-5-6(12)4-10/h6H,2-3,5H2,1H3,(H,11,13,15). The van der Waals surface area contributed by atoms with E-state index >= 15 is 0 Å². The summed E-state index contributed by atoms with van der Waals surface area (Å²) in [6, 6.07) is 0.752. The van der Waals surface area contributed by atoms with Gasteiger partial charge in [0.25, 0.3) is 0 Å². The maximum Gasteiger partial charge on any atom is 0.325 e. The van der Waals surface area contributed by atoms with Crippen molar-refractivity contribution in [2.45, 2.75) is 19.4 Å². The molecule has 1 aliphatic heterocycles. The van der Waals surface area contributed by atoms with E-state index in [2.05, 4.69) is 4.74 Å². The average molecular weight is 225 g/mol. The third-order valence-electron chi connectivity index (χ3n) is 1.88. The normalized spacial score (nSPS) is 17.2. The lowest BCUT2D eigenvalue weighted by atomic mass is 10.4. The van der Waals surface area contributed by atoms with Gasteiger partial charge in [-0.2, -0.15) is 5.26 Å². The minimum Gasteiger partial charge on any atom is -0.466 e. The summed E-state index contributed by atoms with van der Waals surface area (Å²) in [4.78, 5) is 34.4. The zero-order valence-electron chi connectivity index (χ0n) is 8.73. The van der Waals surface area contributed by atoms with Crippen molar-refractivity contribution in [3.8, 4) is 6.07 Å². The first-order valence-electron chi connectivity index (χ1n) is 4.74. The maximum atomic E-state index is 11.2. The third kappa shape index (κ3) is 3.24. The quantitative estimate of drug-likeness (QED) is 0.392. The number of ether oxygens (including phenoxy) is 1. The molecule has 1 atom stereocenters. The van der Waals surface area contributed by atoms with E-state index in [1.54, 1.807) is 6.92 Å². The van der Waals surface area contributed by atoms with Crippen LogP contribution in [0.1, 0.15) is 13.3 Å². The largest absolute Gasteiger partial charge is 0.466 e. The highest BCUT2D eigenvalue weighted by Gasteiger charge is 2.39. The molecule has 0 bridgehead atoms. The van der Waals surface area contributed by atoms with Gasteiger partial charge in [0.05, 0.1) is 19.2 Å². The number of carbonyl (C=O) groups excluding carboxylic acids is 3. The Morgan fingerprint density at radius 2 is 2.25 bits per heavy atom. The van der Waals surface area contributed by atoms with Crippen molar-refractivity contribution in [2.75, 3.05) is 13.2 Å². The Labute approximate surface area is 92.0 Å². The van der Waals surface area contributed by atoms with Crippen molar-refractivity contribution < 1.29 is 19.1 Å². The highest BCUT2D eigenvalue weighted by Crippen LogP contribution is 2.15. The van der Waals surface area contributed by atoms with Crippen LogP contribution in [-0.2, 0) is 14.3 Å². The molecule has 1 N–H and O–H groups in total. The van der Waals surface area contributed by atoms with E-state index < -0.39 is 30.4 Å². The highest BCUT2D eigenvalue weighted by atomic mass is 16.5. The molecule has 1 unspecified atom stereocenters. The van der Waals surface area contributed by atoms with Crippen LogP contribution in [0.15, 0.2) is 0 Å². The molecule has 16 heavy (non-hydrogen) atoms. The number of carbonyl (C=O) groups is 3. The van der Waals surface area contributed by atoms with Gasteiger partial charge < -0.3 is 9.64 Å². The number of amides is 3. The summed E-state index contributed by atoms with van der Waals surface area (Å²) in [5.74, 6) is -1.41. The van der Waals surface area contributed by atoms with Gasteiger partial charge in [0.15, 0.2) is 0 Å². The number of hydrogen-bond acceptors (Lipinski definition) is 5. The Morgan fingerprint density at radius 1 is 1.56 bits per heavy atom. The lowest BCUT2D eigenvalue weighted by Gasteiger charge is -2.04. The number of rotatable bonds is 3. The topological polar surface area (TPSA) is 99.3 Å². The summed E-state index contributed by atoms with van der Waals surface area (Å²) in [5, 5.41) is 10.4. The van der Waals surface area contributed by atoms with Gasteiger partial charge >= 0.3 is 12.0 Å². The van der Waals surface area contributed by atoms with Gasteiger partial charge in [0.2, 0.25) is 5.91 Å². The van der Waals surface area contributed by atoms with E-state index in [9.17, 15) is 14.4 Å². The molecule has 0 radical (unpaired) electrons. The number of urea groups is 1. The van der Waals surface area contributed by atoms with E-state index in [0.29, 0.717) is 6.54 Å². The van der Waals surface area contributed by atoms with Gasteiger partial charge in [-0.1, -0.05) is 0 Å². The fourth-order valence-electron chi connectivity index (χ4n) is 1.05. The van der Waals surface area contributed by atoms with Crippen LogP contribution in [0, 0.1) is 11.3 Å². The Bertz CT molecular complexity index is 360. The number of imide groups is 1. The second-order valence-corrected chi connectivity index (χ2v) is 3.13. The fourth-order valence-corrected chi connectivity index (χ4v) is 1.05. The highest BCUT2D eigenvalue weighted by molar-refractivity contribution is 6.02. The molecule has 0 aromatic heterocycles. The molecule has 1 rings (SSSR count). The van der Waals surface area contributed by atoms with Crippen LogP contribution in [0.2, 0.25) is 0 Å². The fraction of sp³-hybridized carbons (Fsp3) is 0.556. The predicted molar refractivity (Wildman–Crippen MR) is 50.9 cm³/mol. The SMILES string of the molecule is CCOC(=O)CC(=O)NC(=O)N1CC1C#N. The maximum absolute atomic E-state index is 11.2. The molecule has 1 heterocycles. The van der Waals surface area contributed by atoms with Crippen molar-refractivity contribution in [1.82, 2.24) is 10.2 Å². The van der Waals surface area contributed by atoms with Crippen molar-refractivity contribution in [3.63, 3.8) is 0 Å². The van der Waals surface area contributed by atoms with Crippen LogP contribution in [0.4, 0.5) is 4.79 Å². The molecule has 7 heteroatoms. The first kappa shape index (κ1) is 12.0. The third-order valence-corrected chi connectivity index (χ3v) is 1.88. The molecule has 3 amide bonds. The molecule has 0 aromatic carbocycles. The molecule has 0 aliphatic carbocycles. The molecule has 1 saturated heterocycles. The van der Waals surface area contributed by atoms with Gasteiger partial charge in [-0.25, -0.2) is 4.79 Å². The second-order valence-electron chi connectivity index (χ2n) is 3.13. The molecule has 0 saturated carbocycles. The minimum atomic E-state index is -0.730.